The first-order valence-corrected chi connectivity index (χ1v) is 7.98. The fraction of sp³-hybridized carbons (Fsp3) is 0.143. The summed E-state index contributed by atoms with van der Waals surface area (Å²) in [6.45, 7) is 0.0777. The molecule has 0 saturated carbocycles. The quantitative estimate of drug-likeness (QED) is 0.862. The Morgan fingerprint density at radius 1 is 1.10 bits per heavy atom. The summed E-state index contributed by atoms with van der Waals surface area (Å²) in [6, 6.07) is 13.3. The summed E-state index contributed by atoms with van der Waals surface area (Å²) in [7, 11) is -3.43. The van der Waals surface area contributed by atoms with Crippen molar-refractivity contribution in [2.75, 3.05) is 18.1 Å². The highest BCUT2D eigenvalue weighted by Gasteiger charge is 2.15. The molecule has 2 rings (SSSR count). The van der Waals surface area contributed by atoms with Crippen LogP contribution in [0.3, 0.4) is 0 Å². The van der Waals surface area contributed by atoms with Crippen molar-refractivity contribution in [2.45, 2.75) is 4.90 Å². The summed E-state index contributed by atoms with van der Waals surface area (Å²) in [5.74, 6) is 0.514. The first-order valence-electron chi connectivity index (χ1n) is 5.95. The highest BCUT2D eigenvalue weighted by molar-refractivity contribution is 7.91. The molecular weight excluding hydrogens is 298 g/mol. The molecule has 0 radical (unpaired) electrons. The zero-order valence-corrected chi connectivity index (χ0v) is 12.2. The second kappa shape index (κ2) is 6.15. The molecule has 0 bridgehead atoms. The summed E-state index contributed by atoms with van der Waals surface area (Å²) in [5.41, 5.74) is 5.91. The van der Waals surface area contributed by atoms with Crippen LogP contribution in [0.1, 0.15) is 0 Å². The molecular formula is C14H14ClNO3S. The van der Waals surface area contributed by atoms with Crippen LogP contribution in [0.2, 0.25) is 5.02 Å². The van der Waals surface area contributed by atoms with Crippen molar-refractivity contribution >= 4 is 27.1 Å². The normalized spacial score (nSPS) is 11.2. The molecule has 0 amide bonds. The summed E-state index contributed by atoms with van der Waals surface area (Å²) >= 11 is 5.83. The van der Waals surface area contributed by atoms with E-state index in [-0.39, 0.29) is 22.3 Å². The van der Waals surface area contributed by atoms with Crippen LogP contribution in [0.25, 0.3) is 0 Å². The molecule has 2 N–H and O–H groups in total. The van der Waals surface area contributed by atoms with E-state index in [0.29, 0.717) is 11.4 Å². The van der Waals surface area contributed by atoms with Gasteiger partial charge in [0.1, 0.15) is 12.4 Å². The maximum atomic E-state index is 12.1. The number of halogens is 1. The average Bonchev–Trinajstić information content (AvgIpc) is 2.43. The van der Waals surface area contributed by atoms with Gasteiger partial charge >= 0.3 is 0 Å². The molecule has 106 valence electrons. The molecule has 6 heteroatoms. The lowest BCUT2D eigenvalue weighted by atomic mass is 10.3. The van der Waals surface area contributed by atoms with Crippen LogP contribution >= 0.6 is 11.6 Å². The predicted octanol–water partition coefficient (Wildman–Crippen LogP) is 2.77. The van der Waals surface area contributed by atoms with Crippen LogP contribution < -0.4 is 10.5 Å². The smallest absolute Gasteiger partial charge is 0.181 e. The van der Waals surface area contributed by atoms with Crippen LogP contribution in [0, 0.1) is 0 Å². The van der Waals surface area contributed by atoms with Gasteiger partial charge in [-0.15, -0.1) is 0 Å². The Morgan fingerprint density at radius 3 is 2.45 bits per heavy atom. The van der Waals surface area contributed by atoms with E-state index in [1.165, 1.54) is 18.2 Å². The number of hydrogen-bond donors (Lipinski definition) is 1. The van der Waals surface area contributed by atoms with E-state index in [9.17, 15) is 8.42 Å². The highest BCUT2D eigenvalue weighted by Crippen LogP contribution is 2.23. The van der Waals surface area contributed by atoms with Crippen LogP contribution in [0.5, 0.6) is 5.75 Å². The molecule has 20 heavy (non-hydrogen) atoms. The molecule has 0 unspecified atom stereocenters. The molecule has 0 atom stereocenters. The number of ether oxygens (including phenoxy) is 1. The minimum absolute atomic E-state index is 0.0777. The fourth-order valence-corrected chi connectivity index (χ4v) is 2.96. The average molecular weight is 312 g/mol. The molecule has 2 aromatic rings. The van der Waals surface area contributed by atoms with Crippen molar-refractivity contribution < 1.29 is 13.2 Å². The monoisotopic (exact) mass is 311 g/mol. The van der Waals surface area contributed by atoms with Gasteiger partial charge in [-0.05, 0) is 30.3 Å². The third-order valence-corrected chi connectivity index (χ3v) is 4.70. The summed E-state index contributed by atoms with van der Waals surface area (Å²) in [4.78, 5) is 0.147. The Kier molecular flexibility index (Phi) is 4.52. The SMILES string of the molecule is Nc1ccc(S(=O)(=O)CCOc2ccccc2)cc1Cl. The van der Waals surface area contributed by atoms with E-state index < -0.39 is 9.84 Å². The number of anilines is 1. The van der Waals surface area contributed by atoms with Gasteiger partial charge < -0.3 is 10.5 Å². The fourth-order valence-electron chi connectivity index (χ4n) is 1.61. The number of hydrogen-bond acceptors (Lipinski definition) is 4. The molecule has 0 aliphatic rings. The Labute approximate surface area is 123 Å². The third kappa shape index (κ3) is 3.65. The van der Waals surface area contributed by atoms with Crippen molar-refractivity contribution in [3.63, 3.8) is 0 Å². The van der Waals surface area contributed by atoms with Crippen molar-refractivity contribution in [3.05, 3.63) is 53.6 Å². The van der Waals surface area contributed by atoms with E-state index in [2.05, 4.69) is 0 Å². The lowest BCUT2D eigenvalue weighted by Gasteiger charge is -2.08. The lowest BCUT2D eigenvalue weighted by Crippen LogP contribution is -2.14. The number of para-hydroxylation sites is 1. The second-order valence-electron chi connectivity index (χ2n) is 4.16. The standard InChI is InChI=1S/C14H14ClNO3S/c15-13-10-12(6-7-14(13)16)20(17,18)9-8-19-11-4-2-1-3-5-11/h1-7,10H,8-9,16H2. The van der Waals surface area contributed by atoms with Gasteiger partial charge in [0.05, 0.1) is 21.4 Å². The zero-order chi connectivity index (χ0) is 14.6. The Hall–Kier alpha value is -1.72. The van der Waals surface area contributed by atoms with Crippen molar-refractivity contribution in [1.29, 1.82) is 0 Å². The van der Waals surface area contributed by atoms with Crippen molar-refractivity contribution in [2.24, 2.45) is 0 Å². The van der Waals surface area contributed by atoms with Gasteiger partial charge in [0, 0.05) is 0 Å². The van der Waals surface area contributed by atoms with Crippen LogP contribution in [0.15, 0.2) is 53.4 Å². The number of rotatable bonds is 5. The Morgan fingerprint density at radius 2 is 1.80 bits per heavy atom. The minimum atomic E-state index is -3.43. The maximum absolute atomic E-state index is 12.1. The summed E-state index contributed by atoms with van der Waals surface area (Å²) in [5, 5.41) is 0.232. The van der Waals surface area contributed by atoms with Gasteiger partial charge in [-0.2, -0.15) is 0 Å². The number of benzene rings is 2. The first-order chi connectivity index (χ1) is 9.49. The summed E-state index contributed by atoms with van der Waals surface area (Å²) in [6.07, 6.45) is 0. The second-order valence-corrected chi connectivity index (χ2v) is 6.68. The molecule has 0 heterocycles. The van der Waals surface area contributed by atoms with Crippen molar-refractivity contribution in [3.8, 4) is 5.75 Å². The maximum Gasteiger partial charge on any atom is 0.181 e. The number of sulfone groups is 1. The van der Waals surface area contributed by atoms with Gasteiger partial charge in [-0.3, -0.25) is 0 Å². The largest absolute Gasteiger partial charge is 0.493 e. The summed E-state index contributed by atoms with van der Waals surface area (Å²) < 4.78 is 29.6. The molecule has 2 aromatic carbocycles. The topological polar surface area (TPSA) is 69.4 Å². The molecule has 0 spiro atoms. The van der Waals surface area contributed by atoms with Gasteiger partial charge in [0.15, 0.2) is 9.84 Å². The van der Waals surface area contributed by atoms with Crippen LogP contribution in [0.4, 0.5) is 5.69 Å². The lowest BCUT2D eigenvalue weighted by molar-refractivity contribution is 0.341. The van der Waals surface area contributed by atoms with E-state index in [1.54, 1.807) is 12.1 Å². The van der Waals surface area contributed by atoms with Crippen molar-refractivity contribution in [1.82, 2.24) is 0 Å². The number of nitrogen functional groups attached to an aromatic ring is 1. The predicted molar refractivity (Wildman–Crippen MR) is 79.9 cm³/mol. The van der Waals surface area contributed by atoms with Crippen LogP contribution in [-0.2, 0) is 9.84 Å². The third-order valence-electron chi connectivity index (χ3n) is 2.70. The zero-order valence-electron chi connectivity index (χ0n) is 10.6. The van der Waals surface area contributed by atoms with Gasteiger partial charge in [0.25, 0.3) is 0 Å². The molecule has 0 aromatic heterocycles. The van der Waals surface area contributed by atoms with E-state index >= 15 is 0 Å². The highest BCUT2D eigenvalue weighted by atomic mass is 35.5. The molecule has 4 nitrogen and oxygen atoms in total. The molecule has 0 saturated heterocycles. The van der Waals surface area contributed by atoms with E-state index in [1.807, 2.05) is 18.2 Å². The van der Waals surface area contributed by atoms with E-state index in [4.69, 9.17) is 22.1 Å². The first kappa shape index (κ1) is 14.7. The van der Waals surface area contributed by atoms with Gasteiger partial charge in [0.2, 0.25) is 0 Å². The van der Waals surface area contributed by atoms with Gasteiger partial charge in [-0.1, -0.05) is 29.8 Å². The number of nitrogens with two attached hydrogens (primary N) is 1. The molecule has 0 aliphatic carbocycles. The minimum Gasteiger partial charge on any atom is -0.493 e. The van der Waals surface area contributed by atoms with Gasteiger partial charge in [-0.25, -0.2) is 8.42 Å². The Balaban J connectivity index is 2.02. The Bertz CT molecular complexity index is 687. The molecule has 0 aliphatic heterocycles. The van der Waals surface area contributed by atoms with Crippen LogP contribution in [-0.4, -0.2) is 20.8 Å². The van der Waals surface area contributed by atoms with E-state index in [0.717, 1.165) is 0 Å². The molecule has 0 fully saturated rings.